The third-order valence-corrected chi connectivity index (χ3v) is 6.25. The first-order valence-electron chi connectivity index (χ1n) is 10.2. The predicted molar refractivity (Wildman–Crippen MR) is 121 cm³/mol. The highest BCUT2D eigenvalue weighted by molar-refractivity contribution is 7.99. The number of methoxy groups -OCH3 is 1. The van der Waals surface area contributed by atoms with Crippen molar-refractivity contribution in [1.29, 1.82) is 0 Å². The number of anilines is 1. The van der Waals surface area contributed by atoms with Crippen molar-refractivity contribution in [2.45, 2.75) is 23.3 Å². The van der Waals surface area contributed by atoms with Crippen molar-refractivity contribution >= 4 is 23.4 Å². The molecule has 1 saturated heterocycles. The summed E-state index contributed by atoms with van der Waals surface area (Å²) < 4.78 is 10.2. The van der Waals surface area contributed by atoms with E-state index in [-0.39, 0.29) is 5.97 Å². The Morgan fingerprint density at radius 3 is 2.48 bits per heavy atom. The molecule has 1 aliphatic heterocycles. The maximum absolute atomic E-state index is 11.6. The quantitative estimate of drug-likeness (QED) is 0.426. The molecule has 1 aromatic heterocycles. The molecular formula is C24H25N3O3S. The second-order valence-electron chi connectivity index (χ2n) is 7.34. The summed E-state index contributed by atoms with van der Waals surface area (Å²) in [7, 11) is 1.38. The zero-order valence-corrected chi connectivity index (χ0v) is 18.5. The van der Waals surface area contributed by atoms with E-state index in [1.54, 1.807) is 23.9 Å². The molecule has 2 aromatic carbocycles. The number of nitrogens with zero attached hydrogens (tertiary/aromatic N) is 3. The highest BCUT2D eigenvalue weighted by atomic mass is 32.2. The molecule has 31 heavy (non-hydrogen) atoms. The molecular weight excluding hydrogens is 410 g/mol. The summed E-state index contributed by atoms with van der Waals surface area (Å²) >= 11 is 1.57. The van der Waals surface area contributed by atoms with E-state index in [0.717, 1.165) is 47.6 Å². The first-order chi connectivity index (χ1) is 15.1. The molecule has 0 N–H and O–H groups in total. The number of aromatic nitrogens is 2. The topological polar surface area (TPSA) is 64.5 Å². The van der Waals surface area contributed by atoms with Crippen LogP contribution in [0.3, 0.4) is 0 Å². The first kappa shape index (κ1) is 21.3. The standard InChI is InChI=1S/C24H25N3O3S/c1-17-16-25-22(15-18-3-7-20(8-4-18)27-11-13-30-14-12-27)26-23(17)31-21-9-5-19(6-10-21)24(28)29-2/h3-10,16H,11-15H2,1-2H3. The Morgan fingerprint density at radius 2 is 1.81 bits per heavy atom. The summed E-state index contributed by atoms with van der Waals surface area (Å²) in [5, 5.41) is 0.917. The number of rotatable bonds is 6. The van der Waals surface area contributed by atoms with Crippen LogP contribution in [0.1, 0.15) is 27.3 Å². The lowest BCUT2D eigenvalue weighted by Gasteiger charge is -2.28. The number of hydrogen-bond acceptors (Lipinski definition) is 7. The monoisotopic (exact) mass is 435 g/mol. The fraction of sp³-hybridized carbons (Fsp3) is 0.292. The number of aryl methyl sites for hydroxylation is 1. The minimum Gasteiger partial charge on any atom is -0.465 e. The van der Waals surface area contributed by atoms with Gasteiger partial charge in [-0.05, 0) is 54.4 Å². The molecule has 0 amide bonds. The van der Waals surface area contributed by atoms with Gasteiger partial charge in [-0.15, -0.1) is 0 Å². The molecule has 160 valence electrons. The van der Waals surface area contributed by atoms with Crippen LogP contribution in [-0.4, -0.2) is 49.4 Å². The van der Waals surface area contributed by atoms with Gasteiger partial charge in [-0.2, -0.15) is 0 Å². The van der Waals surface area contributed by atoms with E-state index >= 15 is 0 Å². The van der Waals surface area contributed by atoms with Crippen LogP contribution in [0.5, 0.6) is 0 Å². The van der Waals surface area contributed by atoms with Gasteiger partial charge < -0.3 is 14.4 Å². The number of morpholine rings is 1. The van der Waals surface area contributed by atoms with Gasteiger partial charge >= 0.3 is 5.97 Å². The van der Waals surface area contributed by atoms with Crippen LogP contribution < -0.4 is 4.90 Å². The van der Waals surface area contributed by atoms with E-state index in [2.05, 4.69) is 34.1 Å². The van der Waals surface area contributed by atoms with Gasteiger partial charge in [0.2, 0.25) is 0 Å². The number of esters is 1. The Labute approximate surface area is 186 Å². The van der Waals surface area contributed by atoms with Gasteiger partial charge in [-0.1, -0.05) is 23.9 Å². The minimum atomic E-state index is -0.336. The van der Waals surface area contributed by atoms with Crippen LogP contribution in [0.15, 0.2) is 64.6 Å². The normalized spacial score (nSPS) is 13.8. The molecule has 6 nitrogen and oxygen atoms in total. The molecule has 4 rings (SSSR count). The third kappa shape index (κ3) is 5.42. The summed E-state index contributed by atoms with van der Waals surface area (Å²) in [5.74, 6) is 0.454. The lowest BCUT2D eigenvalue weighted by atomic mass is 10.1. The van der Waals surface area contributed by atoms with Crippen LogP contribution in [0.4, 0.5) is 5.69 Å². The molecule has 1 aliphatic rings. The van der Waals surface area contributed by atoms with Crippen LogP contribution in [-0.2, 0) is 15.9 Å². The third-order valence-electron chi connectivity index (χ3n) is 5.14. The minimum absolute atomic E-state index is 0.336. The zero-order chi connectivity index (χ0) is 21.6. The fourth-order valence-electron chi connectivity index (χ4n) is 3.37. The highest BCUT2D eigenvalue weighted by Crippen LogP contribution is 2.29. The molecule has 0 bridgehead atoms. The number of carbonyl (C=O) groups excluding carboxylic acids is 1. The maximum atomic E-state index is 11.6. The summed E-state index contributed by atoms with van der Waals surface area (Å²) in [6.45, 7) is 5.44. The van der Waals surface area contributed by atoms with Gasteiger partial charge in [-0.3, -0.25) is 0 Å². The van der Waals surface area contributed by atoms with Crippen LogP contribution >= 0.6 is 11.8 Å². The molecule has 2 heterocycles. The second kappa shape index (κ2) is 9.94. The molecule has 0 unspecified atom stereocenters. The molecule has 3 aromatic rings. The molecule has 0 aliphatic carbocycles. The Balaban J connectivity index is 1.44. The molecule has 1 fully saturated rings. The number of hydrogen-bond donors (Lipinski definition) is 0. The maximum Gasteiger partial charge on any atom is 0.337 e. The van der Waals surface area contributed by atoms with Gasteiger partial charge in [0.25, 0.3) is 0 Å². The van der Waals surface area contributed by atoms with Crippen molar-refractivity contribution in [2.24, 2.45) is 0 Å². The Hall–Kier alpha value is -2.90. The molecule has 0 radical (unpaired) electrons. The van der Waals surface area contributed by atoms with Crippen molar-refractivity contribution in [3.63, 3.8) is 0 Å². The van der Waals surface area contributed by atoms with Gasteiger partial charge in [-0.25, -0.2) is 14.8 Å². The van der Waals surface area contributed by atoms with Crippen molar-refractivity contribution in [2.75, 3.05) is 38.3 Å². The van der Waals surface area contributed by atoms with Crippen LogP contribution in [0, 0.1) is 6.92 Å². The highest BCUT2D eigenvalue weighted by Gasteiger charge is 2.12. The smallest absolute Gasteiger partial charge is 0.337 e. The first-order valence-corrected chi connectivity index (χ1v) is 11.0. The Kier molecular flexibility index (Phi) is 6.84. The largest absolute Gasteiger partial charge is 0.465 e. The van der Waals surface area contributed by atoms with E-state index in [1.165, 1.54) is 18.4 Å². The van der Waals surface area contributed by atoms with Gasteiger partial charge in [0.1, 0.15) is 10.9 Å². The number of benzene rings is 2. The molecule has 0 spiro atoms. The molecule has 0 saturated carbocycles. The molecule has 7 heteroatoms. The van der Waals surface area contributed by atoms with Crippen LogP contribution in [0.2, 0.25) is 0 Å². The van der Waals surface area contributed by atoms with Gasteiger partial charge in [0, 0.05) is 36.3 Å². The van der Waals surface area contributed by atoms with E-state index in [9.17, 15) is 4.79 Å². The summed E-state index contributed by atoms with van der Waals surface area (Å²) in [6.07, 6.45) is 2.55. The Morgan fingerprint density at radius 1 is 1.10 bits per heavy atom. The van der Waals surface area contributed by atoms with E-state index in [1.807, 2.05) is 25.3 Å². The van der Waals surface area contributed by atoms with E-state index in [4.69, 9.17) is 14.5 Å². The van der Waals surface area contributed by atoms with Crippen molar-refractivity contribution in [3.8, 4) is 0 Å². The van der Waals surface area contributed by atoms with Crippen molar-refractivity contribution < 1.29 is 14.3 Å². The number of ether oxygens (including phenoxy) is 2. The zero-order valence-electron chi connectivity index (χ0n) is 17.7. The van der Waals surface area contributed by atoms with Gasteiger partial charge in [0.15, 0.2) is 0 Å². The summed E-state index contributed by atoms with van der Waals surface area (Å²) in [6, 6.07) is 16.0. The van der Waals surface area contributed by atoms with E-state index in [0.29, 0.717) is 12.0 Å². The van der Waals surface area contributed by atoms with E-state index < -0.39 is 0 Å². The van der Waals surface area contributed by atoms with Crippen LogP contribution in [0.25, 0.3) is 0 Å². The predicted octanol–water partition coefficient (Wildman–Crippen LogP) is 4.15. The summed E-state index contributed by atoms with van der Waals surface area (Å²) in [5.41, 5.74) is 3.96. The fourth-order valence-corrected chi connectivity index (χ4v) is 4.23. The van der Waals surface area contributed by atoms with Crippen molar-refractivity contribution in [1.82, 2.24) is 9.97 Å². The Bertz CT molecular complexity index is 1030. The van der Waals surface area contributed by atoms with Gasteiger partial charge in [0.05, 0.1) is 25.9 Å². The second-order valence-corrected chi connectivity index (χ2v) is 8.40. The number of carbonyl (C=O) groups is 1. The summed E-state index contributed by atoms with van der Waals surface area (Å²) in [4.78, 5) is 24.3. The lowest BCUT2D eigenvalue weighted by molar-refractivity contribution is 0.0600. The SMILES string of the molecule is COC(=O)c1ccc(Sc2nc(Cc3ccc(N4CCOCC4)cc3)ncc2C)cc1. The lowest BCUT2D eigenvalue weighted by Crippen LogP contribution is -2.36. The average Bonchev–Trinajstić information content (AvgIpc) is 2.82. The molecule has 0 atom stereocenters. The van der Waals surface area contributed by atoms with Crippen molar-refractivity contribution in [3.05, 3.63) is 77.2 Å². The average molecular weight is 436 g/mol.